The molecule has 0 saturated carbocycles. The molecule has 1 fully saturated rings. The van der Waals surface area contributed by atoms with E-state index < -0.39 is 10.0 Å². The number of amides is 1. The molecular formula is C18H22ClN3O4S. The minimum atomic E-state index is -3.64. The number of hydrogen-bond donors (Lipinski definition) is 2. The van der Waals surface area contributed by atoms with Gasteiger partial charge < -0.3 is 15.0 Å². The Hall–Kier alpha value is -1.87. The van der Waals surface area contributed by atoms with Gasteiger partial charge in [-0.2, -0.15) is 4.31 Å². The quantitative estimate of drug-likeness (QED) is 0.764. The molecule has 27 heavy (non-hydrogen) atoms. The van der Waals surface area contributed by atoms with Crippen molar-refractivity contribution < 1.29 is 17.9 Å². The molecule has 9 heteroatoms. The van der Waals surface area contributed by atoms with Crippen LogP contribution in [0.3, 0.4) is 0 Å². The van der Waals surface area contributed by atoms with Crippen LogP contribution in [0.1, 0.15) is 35.4 Å². The van der Waals surface area contributed by atoms with Gasteiger partial charge in [0.1, 0.15) is 10.6 Å². The van der Waals surface area contributed by atoms with Crippen LogP contribution in [0, 0.1) is 0 Å². The number of H-pyrrole nitrogens is 1. The number of morpholine rings is 1. The van der Waals surface area contributed by atoms with Crippen LogP contribution in [0.5, 0.6) is 0 Å². The first kappa shape index (κ1) is 19.9. The van der Waals surface area contributed by atoms with Crippen LogP contribution < -0.4 is 5.32 Å². The van der Waals surface area contributed by atoms with Crippen molar-refractivity contribution in [2.45, 2.75) is 24.3 Å². The van der Waals surface area contributed by atoms with Gasteiger partial charge in [-0.3, -0.25) is 4.79 Å². The summed E-state index contributed by atoms with van der Waals surface area (Å²) >= 11 is 5.91. The van der Waals surface area contributed by atoms with E-state index in [9.17, 15) is 13.2 Å². The third kappa shape index (κ3) is 4.52. The SMILES string of the molecule is CCC(NC(=O)c1cc(S(=O)(=O)N2CCOCC2)c[nH]1)c1ccc(Cl)cc1. The molecule has 3 rings (SSSR count). The van der Waals surface area contributed by atoms with Crippen molar-refractivity contribution in [1.29, 1.82) is 0 Å². The van der Waals surface area contributed by atoms with Crippen molar-refractivity contribution in [3.63, 3.8) is 0 Å². The van der Waals surface area contributed by atoms with Crippen molar-refractivity contribution in [3.8, 4) is 0 Å². The zero-order valence-electron chi connectivity index (χ0n) is 14.9. The summed E-state index contributed by atoms with van der Waals surface area (Å²) in [7, 11) is -3.64. The number of nitrogens with zero attached hydrogens (tertiary/aromatic N) is 1. The van der Waals surface area contributed by atoms with Crippen LogP contribution in [0.4, 0.5) is 0 Å². The summed E-state index contributed by atoms with van der Waals surface area (Å²) in [6, 6.07) is 8.44. The van der Waals surface area contributed by atoms with E-state index in [1.165, 1.54) is 16.6 Å². The van der Waals surface area contributed by atoms with E-state index >= 15 is 0 Å². The maximum Gasteiger partial charge on any atom is 0.268 e. The molecule has 1 aliphatic heterocycles. The third-order valence-corrected chi connectivity index (χ3v) is 6.62. The highest BCUT2D eigenvalue weighted by Gasteiger charge is 2.28. The smallest absolute Gasteiger partial charge is 0.268 e. The van der Waals surface area contributed by atoms with Crippen molar-refractivity contribution >= 4 is 27.5 Å². The number of carbonyl (C=O) groups is 1. The van der Waals surface area contributed by atoms with Crippen LogP contribution in [0.25, 0.3) is 0 Å². The molecule has 1 aliphatic rings. The standard InChI is InChI=1S/C18H22ClN3O4S/c1-2-16(13-3-5-14(19)6-4-13)21-18(23)17-11-15(12-20-17)27(24,25)22-7-9-26-10-8-22/h3-6,11-12,16,20H,2,7-10H2,1H3,(H,21,23). The molecule has 2 heterocycles. The Morgan fingerprint density at radius 3 is 2.59 bits per heavy atom. The highest BCUT2D eigenvalue weighted by Crippen LogP contribution is 2.21. The Morgan fingerprint density at radius 2 is 1.96 bits per heavy atom. The van der Waals surface area contributed by atoms with E-state index in [2.05, 4.69) is 10.3 Å². The summed E-state index contributed by atoms with van der Waals surface area (Å²) in [5.41, 5.74) is 1.14. The van der Waals surface area contributed by atoms with Crippen LogP contribution in [0.15, 0.2) is 41.4 Å². The molecule has 1 aromatic heterocycles. The Bertz CT molecular complexity index is 890. The lowest BCUT2D eigenvalue weighted by Crippen LogP contribution is -2.40. The minimum absolute atomic E-state index is 0.0779. The van der Waals surface area contributed by atoms with E-state index in [0.717, 1.165) is 5.56 Å². The number of nitrogens with one attached hydrogen (secondary N) is 2. The first-order valence-corrected chi connectivity index (χ1v) is 10.6. The summed E-state index contributed by atoms with van der Waals surface area (Å²) in [4.78, 5) is 15.4. The summed E-state index contributed by atoms with van der Waals surface area (Å²) < 4.78 is 31.9. The van der Waals surface area contributed by atoms with Gasteiger partial charge in [0.2, 0.25) is 10.0 Å². The van der Waals surface area contributed by atoms with Crippen LogP contribution in [-0.2, 0) is 14.8 Å². The third-order valence-electron chi connectivity index (χ3n) is 4.49. The second-order valence-corrected chi connectivity index (χ2v) is 8.63. The molecule has 146 valence electrons. The molecule has 0 radical (unpaired) electrons. The molecule has 7 nitrogen and oxygen atoms in total. The van der Waals surface area contributed by atoms with Gasteiger partial charge in [0.25, 0.3) is 5.91 Å². The highest BCUT2D eigenvalue weighted by atomic mass is 35.5. The van der Waals surface area contributed by atoms with Crippen molar-refractivity contribution in [2.75, 3.05) is 26.3 Å². The lowest BCUT2D eigenvalue weighted by Gasteiger charge is -2.25. The van der Waals surface area contributed by atoms with Crippen LogP contribution >= 0.6 is 11.6 Å². The number of benzene rings is 1. The second-order valence-electron chi connectivity index (χ2n) is 6.25. The molecule has 1 saturated heterocycles. The summed E-state index contributed by atoms with van der Waals surface area (Å²) in [5.74, 6) is -0.361. The van der Waals surface area contributed by atoms with Gasteiger partial charge in [0, 0.05) is 24.3 Å². The Balaban J connectivity index is 1.73. The topological polar surface area (TPSA) is 91.5 Å². The molecule has 0 bridgehead atoms. The van der Waals surface area contributed by atoms with Gasteiger partial charge in [-0.15, -0.1) is 0 Å². The molecule has 1 aromatic carbocycles. The predicted octanol–water partition coefficient (Wildman–Crippen LogP) is 2.57. The van der Waals surface area contributed by atoms with Gasteiger partial charge in [-0.1, -0.05) is 30.7 Å². The Kier molecular flexibility index (Phi) is 6.21. The fourth-order valence-corrected chi connectivity index (χ4v) is 4.47. The average Bonchev–Trinajstić information content (AvgIpc) is 3.19. The summed E-state index contributed by atoms with van der Waals surface area (Å²) in [5, 5.41) is 3.55. The molecule has 0 spiro atoms. The number of sulfonamides is 1. The van der Waals surface area contributed by atoms with Gasteiger partial charge >= 0.3 is 0 Å². The van der Waals surface area contributed by atoms with Gasteiger partial charge in [-0.05, 0) is 30.2 Å². The number of carbonyl (C=O) groups excluding carboxylic acids is 1. The zero-order chi connectivity index (χ0) is 19.4. The number of aromatic amines is 1. The number of halogens is 1. The van der Waals surface area contributed by atoms with E-state index in [4.69, 9.17) is 16.3 Å². The minimum Gasteiger partial charge on any atom is -0.379 e. The Labute approximate surface area is 163 Å². The largest absolute Gasteiger partial charge is 0.379 e. The average molecular weight is 412 g/mol. The first-order chi connectivity index (χ1) is 12.9. The molecular weight excluding hydrogens is 390 g/mol. The fraction of sp³-hybridized carbons (Fsp3) is 0.389. The van der Waals surface area contributed by atoms with Crippen molar-refractivity contribution in [3.05, 3.63) is 52.8 Å². The van der Waals surface area contributed by atoms with Gasteiger partial charge in [-0.25, -0.2) is 8.42 Å². The maximum atomic E-state index is 12.7. The van der Waals surface area contributed by atoms with Gasteiger partial charge in [0.15, 0.2) is 0 Å². The first-order valence-electron chi connectivity index (χ1n) is 8.74. The van der Waals surface area contributed by atoms with E-state index in [1.54, 1.807) is 12.1 Å². The monoisotopic (exact) mass is 411 g/mol. The molecule has 0 aliphatic carbocycles. The van der Waals surface area contributed by atoms with E-state index in [0.29, 0.717) is 37.7 Å². The van der Waals surface area contributed by atoms with Gasteiger partial charge in [0.05, 0.1) is 19.3 Å². The molecule has 1 unspecified atom stereocenters. The van der Waals surface area contributed by atoms with E-state index in [1.807, 2.05) is 19.1 Å². The normalized spacial score (nSPS) is 16.8. The predicted molar refractivity (Wildman–Crippen MR) is 102 cm³/mol. The Morgan fingerprint density at radius 1 is 1.30 bits per heavy atom. The highest BCUT2D eigenvalue weighted by molar-refractivity contribution is 7.89. The van der Waals surface area contributed by atoms with Crippen LogP contribution in [-0.4, -0.2) is 49.9 Å². The van der Waals surface area contributed by atoms with Crippen LogP contribution in [0.2, 0.25) is 5.02 Å². The van der Waals surface area contributed by atoms with Crippen molar-refractivity contribution in [1.82, 2.24) is 14.6 Å². The molecule has 1 atom stereocenters. The van der Waals surface area contributed by atoms with Crippen molar-refractivity contribution in [2.24, 2.45) is 0 Å². The molecule has 2 N–H and O–H groups in total. The molecule has 1 amide bonds. The number of ether oxygens (including phenoxy) is 1. The number of hydrogen-bond acceptors (Lipinski definition) is 4. The van der Waals surface area contributed by atoms with E-state index in [-0.39, 0.29) is 22.5 Å². The maximum absolute atomic E-state index is 12.7. The lowest BCUT2D eigenvalue weighted by atomic mass is 10.0. The zero-order valence-corrected chi connectivity index (χ0v) is 16.5. The molecule has 2 aromatic rings. The summed E-state index contributed by atoms with van der Waals surface area (Å²) in [6.45, 7) is 3.32. The fourth-order valence-electron chi connectivity index (χ4n) is 2.94. The number of aromatic nitrogens is 1. The summed E-state index contributed by atoms with van der Waals surface area (Å²) in [6.07, 6.45) is 2.04. The second kappa shape index (κ2) is 8.43. The lowest BCUT2D eigenvalue weighted by molar-refractivity contribution is 0.0730. The number of rotatable bonds is 6.